The molecule has 0 aliphatic carbocycles. The zero-order chi connectivity index (χ0) is 16.8. The van der Waals surface area contributed by atoms with Gasteiger partial charge in [-0.05, 0) is 66.8 Å². The number of carbonyl (C=O) groups is 2. The van der Waals surface area contributed by atoms with Gasteiger partial charge in [0.1, 0.15) is 0 Å². The molecular formula is C17H18IN3O2. The lowest BCUT2D eigenvalue weighted by molar-refractivity contribution is 0.0774. The summed E-state index contributed by atoms with van der Waals surface area (Å²) in [7, 11) is 0. The minimum absolute atomic E-state index is 0.0880. The molecule has 5 nitrogen and oxygen atoms in total. The van der Waals surface area contributed by atoms with E-state index in [4.69, 9.17) is 0 Å². The van der Waals surface area contributed by atoms with Crippen LogP contribution in [-0.4, -0.2) is 34.8 Å². The summed E-state index contributed by atoms with van der Waals surface area (Å²) in [6, 6.07) is 8.79. The second-order valence-corrected chi connectivity index (χ2v) is 6.11. The first-order valence-electron chi connectivity index (χ1n) is 7.37. The highest BCUT2D eigenvalue weighted by molar-refractivity contribution is 14.1. The molecule has 0 spiro atoms. The monoisotopic (exact) mass is 423 g/mol. The Kier molecular flexibility index (Phi) is 6.09. The molecule has 0 fully saturated rings. The van der Waals surface area contributed by atoms with Crippen LogP contribution in [0.2, 0.25) is 0 Å². The van der Waals surface area contributed by atoms with Gasteiger partial charge in [0.05, 0.1) is 16.8 Å². The van der Waals surface area contributed by atoms with Crippen LogP contribution in [0.5, 0.6) is 0 Å². The van der Waals surface area contributed by atoms with Crippen LogP contribution in [-0.2, 0) is 0 Å². The molecule has 0 bridgehead atoms. The highest BCUT2D eigenvalue weighted by atomic mass is 127. The minimum atomic E-state index is -0.284. The summed E-state index contributed by atoms with van der Waals surface area (Å²) in [5.74, 6) is -0.372. The van der Waals surface area contributed by atoms with Crippen molar-refractivity contribution in [2.75, 3.05) is 18.4 Å². The second kappa shape index (κ2) is 8.05. The average molecular weight is 423 g/mol. The van der Waals surface area contributed by atoms with Crippen molar-refractivity contribution in [3.8, 4) is 0 Å². The first-order valence-corrected chi connectivity index (χ1v) is 8.44. The smallest absolute Gasteiger partial charge is 0.257 e. The molecule has 2 amide bonds. The van der Waals surface area contributed by atoms with Crippen LogP contribution < -0.4 is 5.32 Å². The molecule has 0 aliphatic rings. The summed E-state index contributed by atoms with van der Waals surface area (Å²) >= 11 is 2.15. The quantitative estimate of drug-likeness (QED) is 0.750. The Hall–Kier alpha value is -1.96. The third-order valence-electron chi connectivity index (χ3n) is 3.43. The fourth-order valence-corrected chi connectivity index (χ4v) is 2.67. The van der Waals surface area contributed by atoms with Crippen molar-refractivity contribution in [3.05, 3.63) is 57.4 Å². The molecule has 0 unspecified atom stereocenters. The first kappa shape index (κ1) is 17.4. The molecule has 0 saturated heterocycles. The predicted molar refractivity (Wildman–Crippen MR) is 98.6 cm³/mol. The summed E-state index contributed by atoms with van der Waals surface area (Å²) in [5.41, 5.74) is 1.46. The Morgan fingerprint density at radius 3 is 2.57 bits per heavy atom. The third-order valence-corrected chi connectivity index (χ3v) is 4.11. The van der Waals surface area contributed by atoms with Crippen molar-refractivity contribution >= 4 is 40.1 Å². The lowest BCUT2D eigenvalue weighted by Crippen LogP contribution is -2.31. The molecular weight excluding hydrogens is 405 g/mol. The van der Waals surface area contributed by atoms with Gasteiger partial charge in [-0.3, -0.25) is 14.6 Å². The van der Waals surface area contributed by atoms with E-state index in [1.54, 1.807) is 35.4 Å². The van der Waals surface area contributed by atoms with Crippen molar-refractivity contribution in [2.24, 2.45) is 0 Å². The molecule has 23 heavy (non-hydrogen) atoms. The van der Waals surface area contributed by atoms with Crippen molar-refractivity contribution in [1.29, 1.82) is 0 Å². The Morgan fingerprint density at radius 1 is 1.22 bits per heavy atom. The van der Waals surface area contributed by atoms with Gasteiger partial charge in [0.2, 0.25) is 0 Å². The maximum absolute atomic E-state index is 12.7. The predicted octanol–water partition coefficient (Wildman–Crippen LogP) is 3.42. The molecule has 2 aromatic rings. The Labute approximate surface area is 149 Å². The van der Waals surface area contributed by atoms with Crippen LogP contribution in [0.4, 0.5) is 5.69 Å². The van der Waals surface area contributed by atoms with E-state index in [2.05, 4.69) is 32.9 Å². The van der Waals surface area contributed by atoms with E-state index in [1.165, 1.54) is 6.20 Å². The number of carbonyl (C=O) groups excluding carboxylic acids is 2. The van der Waals surface area contributed by atoms with Crippen LogP contribution in [0.1, 0.15) is 34.6 Å². The van der Waals surface area contributed by atoms with Gasteiger partial charge in [-0.25, -0.2) is 0 Å². The van der Waals surface area contributed by atoms with Gasteiger partial charge in [0, 0.05) is 29.1 Å². The van der Waals surface area contributed by atoms with E-state index in [9.17, 15) is 9.59 Å². The number of halogens is 1. The van der Waals surface area contributed by atoms with Gasteiger partial charge in [0.15, 0.2) is 0 Å². The number of nitrogens with one attached hydrogen (secondary N) is 1. The van der Waals surface area contributed by atoms with Gasteiger partial charge in [-0.15, -0.1) is 0 Å². The summed E-state index contributed by atoms with van der Waals surface area (Å²) in [6.45, 7) is 5.11. The fraction of sp³-hybridized carbons (Fsp3) is 0.235. The van der Waals surface area contributed by atoms with Crippen molar-refractivity contribution in [2.45, 2.75) is 13.8 Å². The van der Waals surface area contributed by atoms with Crippen LogP contribution >= 0.6 is 22.6 Å². The maximum Gasteiger partial charge on any atom is 0.257 e. The van der Waals surface area contributed by atoms with Gasteiger partial charge in [-0.1, -0.05) is 0 Å². The normalized spacial score (nSPS) is 10.2. The highest BCUT2D eigenvalue weighted by Gasteiger charge is 2.18. The molecule has 1 heterocycles. The van der Waals surface area contributed by atoms with Crippen LogP contribution in [0.15, 0.2) is 42.7 Å². The Bertz CT molecular complexity index is 700. The standard InChI is InChI=1S/C17H18IN3O2/c1-3-21(4-2)17(23)14-10-13(18)7-8-15(14)20-16(22)12-6-5-9-19-11-12/h5-11H,3-4H2,1-2H3,(H,20,22). The molecule has 1 aromatic carbocycles. The SMILES string of the molecule is CCN(CC)C(=O)c1cc(I)ccc1NC(=O)c1cccnc1. The fourth-order valence-electron chi connectivity index (χ4n) is 2.18. The molecule has 0 aliphatic heterocycles. The van der Waals surface area contributed by atoms with E-state index < -0.39 is 0 Å². The van der Waals surface area contributed by atoms with E-state index in [0.29, 0.717) is 29.9 Å². The molecule has 0 atom stereocenters. The summed E-state index contributed by atoms with van der Waals surface area (Å²) < 4.78 is 0.942. The van der Waals surface area contributed by atoms with E-state index in [0.717, 1.165) is 3.57 Å². The molecule has 2 rings (SSSR count). The van der Waals surface area contributed by atoms with Crippen molar-refractivity contribution in [1.82, 2.24) is 9.88 Å². The Balaban J connectivity index is 2.32. The summed E-state index contributed by atoms with van der Waals surface area (Å²) in [5, 5.41) is 2.81. The number of hydrogen-bond acceptors (Lipinski definition) is 3. The number of nitrogens with zero attached hydrogens (tertiary/aromatic N) is 2. The average Bonchev–Trinajstić information content (AvgIpc) is 2.58. The lowest BCUT2D eigenvalue weighted by atomic mass is 10.1. The number of pyridine rings is 1. The van der Waals surface area contributed by atoms with Gasteiger partial charge in [-0.2, -0.15) is 0 Å². The molecule has 1 N–H and O–H groups in total. The zero-order valence-corrected chi connectivity index (χ0v) is 15.2. The van der Waals surface area contributed by atoms with Crippen LogP contribution in [0.3, 0.4) is 0 Å². The van der Waals surface area contributed by atoms with E-state index >= 15 is 0 Å². The summed E-state index contributed by atoms with van der Waals surface area (Å²) in [6.07, 6.45) is 3.10. The zero-order valence-electron chi connectivity index (χ0n) is 13.0. The number of rotatable bonds is 5. The topological polar surface area (TPSA) is 62.3 Å². The number of aromatic nitrogens is 1. The molecule has 120 valence electrons. The van der Waals surface area contributed by atoms with Gasteiger partial charge in [0.25, 0.3) is 11.8 Å². The number of amides is 2. The second-order valence-electron chi connectivity index (χ2n) is 4.86. The largest absolute Gasteiger partial charge is 0.339 e. The van der Waals surface area contributed by atoms with Crippen molar-refractivity contribution in [3.63, 3.8) is 0 Å². The van der Waals surface area contributed by atoms with Gasteiger partial charge < -0.3 is 10.2 Å². The Morgan fingerprint density at radius 2 is 1.96 bits per heavy atom. The third kappa shape index (κ3) is 4.28. The minimum Gasteiger partial charge on any atom is -0.339 e. The first-order chi connectivity index (χ1) is 11.1. The maximum atomic E-state index is 12.7. The number of anilines is 1. The number of benzene rings is 1. The summed E-state index contributed by atoms with van der Waals surface area (Å²) in [4.78, 5) is 30.6. The van der Waals surface area contributed by atoms with Gasteiger partial charge >= 0.3 is 0 Å². The van der Waals surface area contributed by atoms with Crippen LogP contribution in [0, 0.1) is 3.57 Å². The van der Waals surface area contributed by atoms with Crippen LogP contribution in [0.25, 0.3) is 0 Å². The molecule has 0 saturated carbocycles. The molecule has 1 aromatic heterocycles. The number of hydrogen-bond donors (Lipinski definition) is 1. The lowest BCUT2D eigenvalue weighted by Gasteiger charge is -2.20. The highest BCUT2D eigenvalue weighted by Crippen LogP contribution is 2.21. The molecule has 0 radical (unpaired) electrons. The van der Waals surface area contributed by atoms with E-state index in [-0.39, 0.29) is 11.8 Å². The molecule has 6 heteroatoms. The van der Waals surface area contributed by atoms with Crippen molar-refractivity contribution < 1.29 is 9.59 Å². The van der Waals surface area contributed by atoms with E-state index in [1.807, 2.05) is 19.9 Å².